The molecule has 8 nitrogen and oxygen atoms in total. The third-order valence-corrected chi connectivity index (χ3v) is 0.545. The van der Waals surface area contributed by atoms with Crippen molar-refractivity contribution in [3.8, 4) is 0 Å². The maximum absolute atomic E-state index is 9.29. The molecule has 0 unspecified atom stereocenters. The van der Waals surface area contributed by atoms with Crippen LogP contribution in [-0.2, 0) is 4.79 Å². The van der Waals surface area contributed by atoms with Gasteiger partial charge < -0.3 is 20.6 Å². The number of nitrogen functional groups attached to an aromatic ring is 1. The lowest BCUT2D eigenvalue weighted by Crippen LogP contribution is -1.93. The first kappa shape index (κ1) is 9.88. The summed E-state index contributed by atoms with van der Waals surface area (Å²) in [6.07, 6.45) is 1.65. The van der Waals surface area contributed by atoms with Crippen molar-refractivity contribution >= 4 is 18.0 Å². The van der Waals surface area contributed by atoms with Gasteiger partial charge in [-0.1, -0.05) is 10.3 Å². The molecule has 0 fully saturated rings. The summed E-state index contributed by atoms with van der Waals surface area (Å²) in [5.41, 5.74) is 5.01. The average molecular weight is 174 g/mol. The molecule has 0 aliphatic heterocycles. The monoisotopic (exact) mass is 174 g/mol. The Kier molecular flexibility index (Phi) is 4.65. The van der Waals surface area contributed by atoms with Gasteiger partial charge in [-0.15, -0.1) is 0 Å². The SMILES string of the molecule is Nc1conn1.O=C(O)C=NO. The molecule has 0 radical (unpaired) electrons. The Morgan fingerprint density at radius 1 is 1.83 bits per heavy atom. The lowest BCUT2D eigenvalue weighted by Gasteiger charge is -1.67. The first-order valence-corrected chi connectivity index (χ1v) is 2.59. The van der Waals surface area contributed by atoms with Crippen LogP contribution in [0.25, 0.3) is 0 Å². The molecule has 4 N–H and O–H groups in total. The fraction of sp³-hybridized carbons (Fsp3) is 0. The molecule has 0 atom stereocenters. The minimum Gasteiger partial charge on any atom is -0.477 e. The molecular formula is C4H6N4O4. The van der Waals surface area contributed by atoms with Crippen LogP contribution in [0.3, 0.4) is 0 Å². The van der Waals surface area contributed by atoms with Gasteiger partial charge in [-0.25, -0.2) is 4.79 Å². The van der Waals surface area contributed by atoms with Crippen molar-refractivity contribution in [1.82, 2.24) is 10.4 Å². The van der Waals surface area contributed by atoms with E-state index in [1.807, 2.05) is 0 Å². The Balaban J connectivity index is 0.000000202. The molecule has 12 heavy (non-hydrogen) atoms. The molecule has 0 aromatic carbocycles. The maximum atomic E-state index is 9.29. The molecule has 0 saturated carbocycles. The van der Waals surface area contributed by atoms with Gasteiger partial charge in [-0.3, -0.25) is 0 Å². The standard InChI is InChI=1S/C2H3N3O.C2H3NO3/c3-2-1-6-5-4-2;4-2(5)1-3-6/h1H,3H2;1,6H,(H,4,5). The second-order valence-electron chi connectivity index (χ2n) is 1.41. The van der Waals surface area contributed by atoms with E-state index in [9.17, 15) is 4.79 Å². The summed E-state index contributed by atoms with van der Waals surface area (Å²) in [6, 6.07) is 0. The number of hydrogen-bond acceptors (Lipinski definition) is 7. The lowest BCUT2D eigenvalue weighted by atomic mass is 10.8. The Morgan fingerprint density at radius 3 is 2.58 bits per heavy atom. The summed E-state index contributed by atoms with van der Waals surface area (Å²) < 4.78 is 4.23. The van der Waals surface area contributed by atoms with Gasteiger partial charge in [0.05, 0.1) is 0 Å². The number of hydrogen-bond donors (Lipinski definition) is 3. The molecule has 1 aromatic heterocycles. The number of anilines is 1. The van der Waals surface area contributed by atoms with Gasteiger partial charge in [0.1, 0.15) is 0 Å². The van der Waals surface area contributed by atoms with Gasteiger partial charge in [0.2, 0.25) is 0 Å². The van der Waals surface area contributed by atoms with Crippen molar-refractivity contribution < 1.29 is 19.6 Å². The van der Waals surface area contributed by atoms with Crippen LogP contribution in [-0.4, -0.2) is 32.9 Å². The molecular weight excluding hydrogens is 168 g/mol. The molecule has 0 bridgehead atoms. The number of nitrogens with zero attached hydrogens (tertiary/aromatic N) is 3. The van der Waals surface area contributed by atoms with Gasteiger partial charge in [-0.05, 0) is 0 Å². The number of carbonyl (C=O) groups is 1. The van der Waals surface area contributed by atoms with Crippen molar-refractivity contribution in [1.29, 1.82) is 0 Å². The first-order chi connectivity index (χ1) is 5.66. The Morgan fingerprint density at radius 2 is 2.50 bits per heavy atom. The van der Waals surface area contributed by atoms with E-state index >= 15 is 0 Å². The topological polar surface area (TPSA) is 135 Å². The number of oxime groups is 1. The van der Waals surface area contributed by atoms with Crippen LogP contribution in [0.2, 0.25) is 0 Å². The molecule has 1 aromatic rings. The largest absolute Gasteiger partial charge is 0.477 e. The molecule has 0 amide bonds. The van der Waals surface area contributed by atoms with Crippen molar-refractivity contribution in [3.05, 3.63) is 6.26 Å². The van der Waals surface area contributed by atoms with Crippen LogP contribution < -0.4 is 5.73 Å². The van der Waals surface area contributed by atoms with Gasteiger partial charge in [-0.2, -0.15) is 0 Å². The van der Waals surface area contributed by atoms with Crippen molar-refractivity contribution in [3.63, 3.8) is 0 Å². The fourth-order valence-electron chi connectivity index (χ4n) is 0.221. The number of aliphatic carboxylic acids is 1. The van der Waals surface area contributed by atoms with Gasteiger partial charge in [0.15, 0.2) is 18.3 Å². The van der Waals surface area contributed by atoms with Crippen molar-refractivity contribution in [2.75, 3.05) is 5.73 Å². The summed E-state index contributed by atoms with van der Waals surface area (Å²) >= 11 is 0. The predicted octanol–water partition coefficient (Wildman–Crippen LogP) is -0.817. The highest BCUT2D eigenvalue weighted by Crippen LogP contribution is 1.85. The second kappa shape index (κ2) is 5.65. The van der Waals surface area contributed by atoms with Gasteiger partial charge in [0, 0.05) is 5.27 Å². The highest BCUT2D eigenvalue weighted by atomic mass is 16.5. The molecule has 66 valence electrons. The van der Waals surface area contributed by atoms with Crippen molar-refractivity contribution in [2.45, 2.75) is 0 Å². The summed E-state index contributed by atoms with van der Waals surface area (Å²) in [6.45, 7) is 0. The van der Waals surface area contributed by atoms with Crippen molar-refractivity contribution in [2.24, 2.45) is 5.16 Å². The summed E-state index contributed by atoms with van der Waals surface area (Å²) in [5.74, 6) is -0.937. The van der Waals surface area contributed by atoms with Crippen LogP contribution in [0, 0.1) is 0 Å². The highest BCUT2D eigenvalue weighted by Gasteiger charge is 1.81. The van der Waals surface area contributed by atoms with Crippen LogP contribution in [0.15, 0.2) is 15.9 Å². The van der Waals surface area contributed by atoms with E-state index in [4.69, 9.17) is 16.0 Å². The normalized spacial score (nSPS) is 9.00. The molecule has 0 saturated heterocycles. The molecule has 1 heterocycles. The summed E-state index contributed by atoms with van der Waals surface area (Å²) in [7, 11) is 0. The number of rotatable bonds is 1. The number of nitrogens with two attached hydrogens (primary N) is 1. The lowest BCUT2D eigenvalue weighted by molar-refractivity contribution is -0.128. The Hall–Kier alpha value is -2.12. The summed E-state index contributed by atoms with van der Waals surface area (Å²) in [5, 5.41) is 23.6. The van der Waals surface area contributed by atoms with E-state index in [-0.39, 0.29) is 0 Å². The Bertz CT molecular complexity index is 244. The van der Waals surface area contributed by atoms with E-state index in [2.05, 4.69) is 20.0 Å². The third-order valence-electron chi connectivity index (χ3n) is 0.545. The number of carboxylic acids is 1. The molecule has 8 heteroatoms. The average Bonchev–Trinajstić information content (AvgIpc) is 2.40. The first-order valence-electron chi connectivity index (χ1n) is 2.59. The molecule has 0 spiro atoms. The second-order valence-corrected chi connectivity index (χ2v) is 1.41. The fourth-order valence-corrected chi connectivity index (χ4v) is 0.221. The van der Waals surface area contributed by atoms with Crippen LogP contribution >= 0.6 is 0 Å². The maximum Gasteiger partial charge on any atom is 0.350 e. The minimum atomic E-state index is -1.25. The van der Waals surface area contributed by atoms with E-state index in [1.54, 1.807) is 0 Å². The van der Waals surface area contributed by atoms with Crippen LogP contribution in [0.5, 0.6) is 0 Å². The van der Waals surface area contributed by atoms with E-state index in [0.717, 1.165) is 0 Å². The number of carboxylic acid groups (broad SMARTS) is 1. The van der Waals surface area contributed by atoms with Gasteiger partial charge in [0.25, 0.3) is 0 Å². The highest BCUT2D eigenvalue weighted by molar-refractivity contribution is 6.21. The summed E-state index contributed by atoms with van der Waals surface area (Å²) in [4.78, 5) is 9.29. The zero-order chi connectivity index (χ0) is 9.40. The van der Waals surface area contributed by atoms with Gasteiger partial charge >= 0.3 is 5.97 Å². The van der Waals surface area contributed by atoms with Crippen LogP contribution in [0.4, 0.5) is 5.82 Å². The zero-order valence-corrected chi connectivity index (χ0v) is 5.78. The molecule has 1 rings (SSSR count). The van der Waals surface area contributed by atoms with Crippen LogP contribution in [0.1, 0.15) is 0 Å². The van der Waals surface area contributed by atoms with E-state index < -0.39 is 5.97 Å². The molecule has 0 aliphatic rings. The van der Waals surface area contributed by atoms with E-state index in [1.165, 1.54) is 6.26 Å². The van der Waals surface area contributed by atoms with E-state index in [0.29, 0.717) is 12.0 Å². The number of aromatic nitrogens is 2. The quantitative estimate of drug-likeness (QED) is 0.287. The zero-order valence-electron chi connectivity index (χ0n) is 5.78. The Labute approximate surface area is 66.3 Å². The minimum absolute atomic E-state index is 0.315. The smallest absolute Gasteiger partial charge is 0.350 e. The molecule has 0 aliphatic carbocycles. The predicted molar refractivity (Wildman–Crippen MR) is 36.6 cm³/mol. The third kappa shape index (κ3) is 6.01.